The fraction of sp³-hybridized carbons (Fsp3) is 0.579. The van der Waals surface area contributed by atoms with Gasteiger partial charge < -0.3 is 15.5 Å². The number of aliphatic imine (C=N–C) groups is 1. The highest BCUT2D eigenvalue weighted by Gasteiger charge is 2.44. The first-order valence-electron chi connectivity index (χ1n) is 9.07. The van der Waals surface area contributed by atoms with Gasteiger partial charge in [-0.05, 0) is 37.0 Å². The van der Waals surface area contributed by atoms with E-state index in [2.05, 4.69) is 55.8 Å². The number of guanidine groups is 1. The van der Waals surface area contributed by atoms with Gasteiger partial charge in [-0.1, -0.05) is 35.0 Å². The van der Waals surface area contributed by atoms with Crippen LogP contribution < -0.4 is 10.6 Å². The molecule has 7 heteroatoms. The van der Waals surface area contributed by atoms with Crippen LogP contribution in [-0.4, -0.2) is 49.5 Å². The van der Waals surface area contributed by atoms with Gasteiger partial charge in [0.05, 0.1) is 0 Å². The molecule has 1 heterocycles. The highest BCUT2D eigenvalue weighted by atomic mass is 127. The van der Waals surface area contributed by atoms with Crippen molar-refractivity contribution < 1.29 is 4.79 Å². The molecule has 1 atom stereocenters. The van der Waals surface area contributed by atoms with E-state index in [0.717, 1.165) is 36.5 Å². The summed E-state index contributed by atoms with van der Waals surface area (Å²) in [6.07, 6.45) is 3.96. The Morgan fingerprint density at radius 2 is 2.19 bits per heavy atom. The van der Waals surface area contributed by atoms with E-state index in [0.29, 0.717) is 6.42 Å². The van der Waals surface area contributed by atoms with Crippen LogP contribution in [0.25, 0.3) is 0 Å². The maximum atomic E-state index is 11.8. The van der Waals surface area contributed by atoms with Crippen LogP contribution in [0.2, 0.25) is 0 Å². The third kappa shape index (κ3) is 5.12. The highest BCUT2D eigenvalue weighted by Crippen LogP contribution is 2.48. The molecule has 5 nitrogen and oxygen atoms in total. The maximum absolute atomic E-state index is 11.8. The standard InChI is InChI=1S/C19H27BrN4O.HI/c1-3-17(25)24-10-7-16(12-24)23-18(21-2)22-13-19(8-9-19)14-5-4-6-15(20)11-14;/h4-6,11,16H,3,7-10,12-13H2,1-2H3,(H2,21,22,23);1H. The quantitative estimate of drug-likeness (QED) is 0.346. The molecule has 26 heavy (non-hydrogen) atoms. The predicted octanol–water partition coefficient (Wildman–Crippen LogP) is 3.27. The number of carbonyl (C=O) groups is 1. The van der Waals surface area contributed by atoms with Gasteiger partial charge in [0.2, 0.25) is 5.91 Å². The second kappa shape index (κ2) is 9.39. The number of carbonyl (C=O) groups excluding carboxylic acids is 1. The Labute approximate surface area is 181 Å². The lowest BCUT2D eigenvalue weighted by Gasteiger charge is -2.22. The Morgan fingerprint density at radius 3 is 2.81 bits per heavy atom. The Hall–Kier alpha value is -0.830. The second-order valence-corrected chi connectivity index (χ2v) is 7.96. The first kappa shape index (κ1) is 21.5. The molecule has 3 rings (SSSR count). The molecule has 2 aliphatic rings. The summed E-state index contributed by atoms with van der Waals surface area (Å²) in [6, 6.07) is 8.88. The van der Waals surface area contributed by atoms with Crippen molar-refractivity contribution in [1.29, 1.82) is 0 Å². The van der Waals surface area contributed by atoms with E-state index in [9.17, 15) is 4.79 Å². The van der Waals surface area contributed by atoms with E-state index in [1.807, 2.05) is 11.8 Å². The number of nitrogens with zero attached hydrogens (tertiary/aromatic N) is 2. The zero-order valence-corrected chi connectivity index (χ0v) is 19.3. The fourth-order valence-electron chi connectivity index (χ4n) is 3.51. The second-order valence-electron chi connectivity index (χ2n) is 7.04. The van der Waals surface area contributed by atoms with E-state index in [1.54, 1.807) is 7.05 Å². The average Bonchev–Trinajstić information content (AvgIpc) is 3.28. The summed E-state index contributed by atoms with van der Waals surface area (Å²) in [4.78, 5) is 18.1. The van der Waals surface area contributed by atoms with Crippen molar-refractivity contribution in [1.82, 2.24) is 15.5 Å². The lowest BCUT2D eigenvalue weighted by molar-refractivity contribution is -0.129. The molecule has 1 aromatic carbocycles. The third-order valence-corrected chi connectivity index (χ3v) is 5.79. The monoisotopic (exact) mass is 534 g/mol. The molecule has 0 aromatic heterocycles. The molecule has 1 aromatic rings. The average molecular weight is 535 g/mol. The summed E-state index contributed by atoms with van der Waals surface area (Å²) in [5.41, 5.74) is 1.60. The minimum absolute atomic E-state index is 0. The number of benzene rings is 1. The zero-order valence-electron chi connectivity index (χ0n) is 15.4. The SMILES string of the molecule is CCC(=O)N1CCC(NC(=NC)NCC2(c3cccc(Br)c3)CC2)C1.I. The Morgan fingerprint density at radius 1 is 1.42 bits per heavy atom. The van der Waals surface area contributed by atoms with Crippen LogP contribution in [0.15, 0.2) is 33.7 Å². The molecule has 144 valence electrons. The number of hydrogen-bond acceptors (Lipinski definition) is 2. The molecule has 1 aliphatic heterocycles. The van der Waals surface area contributed by atoms with Gasteiger partial charge in [0.15, 0.2) is 5.96 Å². The van der Waals surface area contributed by atoms with Crippen LogP contribution in [-0.2, 0) is 10.2 Å². The van der Waals surface area contributed by atoms with Crippen molar-refractivity contribution in [2.24, 2.45) is 4.99 Å². The molecule has 2 N–H and O–H groups in total. The minimum Gasteiger partial charge on any atom is -0.356 e. The van der Waals surface area contributed by atoms with Gasteiger partial charge in [-0.25, -0.2) is 0 Å². The molecule has 1 amide bonds. The van der Waals surface area contributed by atoms with Crippen LogP contribution in [0.5, 0.6) is 0 Å². The lowest BCUT2D eigenvalue weighted by atomic mass is 9.96. The maximum Gasteiger partial charge on any atom is 0.222 e. The third-order valence-electron chi connectivity index (χ3n) is 5.29. The molecule has 0 spiro atoms. The molecule has 1 unspecified atom stereocenters. The molecule has 1 saturated heterocycles. The van der Waals surface area contributed by atoms with Crippen LogP contribution in [0.4, 0.5) is 0 Å². The minimum atomic E-state index is 0. The summed E-state index contributed by atoms with van der Waals surface area (Å²) in [5.74, 6) is 1.07. The molecule has 0 radical (unpaired) electrons. The summed E-state index contributed by atoms with van der Waals surface area (Å²) >= 11 is 3.57. The topological polar surface area (TPSA) is 56.7 Å². The Balaban J connectivity index is 0.00000243. The van der Waals surface area contributed by atoms with E-state index in [4.69, 9.17) is 0 Å². The first-order valence-corrected chi connectivity index (χ1v) is 9.86. The van der Waals surface area contributed by atoms with Crippen LogP contribution in [0.3, 0.4) is 0 Å². The number of amides is 1. The number of rotatable bonds is 5. The number of nitrogens with one attached hydrogen (secondary N) is 2. The molecule has 0 bridgehead atoms. The zero-order chi connectivity index (χ0) is 17.9. The van der Waals surface area contributed by atoms with Gasteiger partial charge in [0.25, 0.3) is 0 Å². The summed E-state index contributed by atoms with van der Waals surface area (Å²) in [7, 11) is 1.80. The van der Waals surface area contributed by atoms with Crippen molar-refractivity contribution in [2.45, 2.75) is 44.1 Å². The van der Waals surface area contributed by atoms with Crippen molar-refractivity contribution in [3.63, 3.8) is 0 Å². The fourth-order valence-corrected chi connectivity index (χ4v) is 3.91. The van der Waals surface area contributed by atoms with Gasteiger partial charge in [-0.3, -0.25) is 9.79 Å². The van der Waals surface area contributed by atoms with Crippen molar-refractivity contribution in [3.05, 3.63) is 34.3 Å². The van der Waals surface area contributed by atoms with Gasteiger partial charge in [-0.2, -0.15) is 0 Å². The van der Waals surface area contributed by atoms with E-state index < -0.39 is 0 Å². The van der Waals surface area contributed by atoms with E-state index in [1.165, 1.54) is 18.4 Å². The number of hydrogen-bond donors (Lipinski definition) is 2. The molecular formula is C19H28BrIN4O. The smallest absolute Gasteiger partial charge is 0.222 e. The van der Waals surface area contributed by atoms with Crippen LogP contribution >= 0.6 is 39.9 Å². The van der Waals surface area contributed by atoms with E-state index >= 15 is 0 Å². The summed E-state index contributed by atoms with van der Waals surface area (Å²) < 4.78 is 1.13. The van der Waals surface area contributed by atoms with Crippen molar-refractivity contribution in [3.8, 4) is 0 Å². The van der Waals surface area contributed by atoms with Gasteiger partial charge in [0.1, 0.15) is 0 Å². The molecule has 1 saturated carbocycles. The summed E-state index contributed by atoms with van der Waals surface area (Å²) in [6.45, 7) is 4.40. The van der Waals surface area contributed by atoms with Gasteiger partial charge in [0, 0.05) is 49.0 Å². The van der Waals surface area contributed by atoms with Crippen molar-refractivity contribution >= 4 is 51.8 Å². The highest BCUT2D eigenvalue weighted by molar-refractivity contribution is 14.0. The number of likely N-dealkylation sites (tertiary alicyclic amines) is 1. The summed E-state index contributed by atoms with van der Waals surface area (Å²) in [5, 5.41) is 6.97. The van der Waals surface area contributed by atoms with Crippen LogP contribution in [0.1, 0.15) is 38.2 Å². The van der Waals surface area contributed by atoms with E-state index in [-0.39, 0.29) is 41.3 Å². The largest absolute Gasteiger partial charge is 0.356 e. The van der Waals surface area contributed by atoms with Crippen LogP contribution in [0, 0.1) is 0 Å². The Bertz CT molecular complexity index is 663. The Kier molecular flexibility index (Phi) is 7.76. The first-order chi connectivity index (χ1) is 12.1. The molecule has 1 aliphatic carbocycles. The van der Waals surface area contributed by atoms with Gasteiger partial charge in [-0.15, -0.1) is 24.0 Å². The predicted molar refractivity (Wildman–Crippen MR) is 120 cm³/mol. The molecular weight excluding hydrogens is 507 g/mol. The molecule has 2 fully saturated rings. The van der Waals surface area contributed by atoms with Crippen molar-refractivity contribution in [2.75, 3.05) is 26.7 Å². The number of halogens is 2. The van der Waals surface area contributed by atoms with Gasteiger partial charge >= 0.3 is 0 Å². The lowest BCUT2D eigenvalue weighted by Crippen LogP contribution is -2.47. The normalized spacial score (nSPS) is 21.1.